The van der Waals surface area contributed by atoms with Crippen LogP contribution in [0.25, 0.3) is 0 Å². The second-order valence-corrected chi connectivity index (χ2v) is 8.63. The zero-order valence-electron chi connectivity index (χ0n) is 14.3. The Balaban J connectivity index is 1.81. The average Bonchev–Trinajstić information content (AvgIpc) is 2.93. The molecule has 2 fully saturated rings. The molecule has 3 rings (SSSR count). The summed E-state index contributed by atoms with van der Waals surface area (Å²) >= 11 is 0. The summed E-state index contributed by atoms with van der Waals surface area (Å²) in [6, 6.07) is 5.68. The van der Waals surface area contributed by atoms with Crippen molar-refractivity contribution in [3.8, 4) is 0 Å². The number of aryl methyl sites for hydroxylation is 1. The molecule has 0 aromatic heterocycles. The number of anilines is 1. The summed E-state index contributed by atoms with van der Waals surface area (Å²) in [6.07, 6.45) is 2.74. The monoisotopic (exact) mass is 351 g/mol. The van der Waals surface area contributed by atoms with Crippen LogP contribution in [0.5, 0.6) is 0 Å². The maximum Gasteiger partial charge on any atom is 0.254 e. The second-order valence-electron chi connectivity index (χ2n) is 6.62. The predicted octanol–water partition coefficient (Wildman–Crippen LogP) is 1.36. The first-order valence-corrected chi connectivity index (χ1v) is 10.1. The molecule has 1 aromatic carbocycles. The summed E-state index contributed by atoms with van der Waals surface area (Å²) in [5, 5.41) is 3.24. The van der Waals surface area contributed by atoms with E-state index in [2.05, 4.69) is 5.32 Å². The zero-order chi connectivity index (χ0) is 17.3. The number of carbonyl (C=O) groups excluding carboxylic acids is 1. The summed E-state index contributed by atoms with van der Waals surface area (Å²) in [4.78, 5) is 14.7. The van der Waals surface area contributed by atoms with E-state index in [0.29, 0.717) is 30.3 Å². The number of hydrogen-bond acceptors (Lipinski definition) is 4. The number of nitrogens with one attached hydrogen (secondary N) is 1. The van der Waals surface area contributed by atoms with E-state index in [1.54, 1.807) is 12.1 Å². The van der Waals surface area contributed by atoms with Crippen molar-refractivity contribution in [3.63, 3.8) is 0 Å². The summed E-state index contributed by atoms with van der Waals surface area (Å²) in [7, 11) is -1.27. The molecule has 6 nitrogen and oxygen atoms in total. The fraction of sp³-hybridized carbons (Fsp3) is 0.588. The van der Waals surface area contributed by atoms with Crippen molar-refractivity contribution < 1.29 is 13.2 Å². The van der Waals surface area contributed by atoms with Gasteiger partial charge in [-0.05, 0) is 57.0 Å². The minimum Gasteiger partial charge on any atom is -0.337 e. The van der Waals surface area contributed by atoms with Crippen molar-refractivity contribution in [3.05, 3.63) is 29.3 Å². The number of likely N-dealkylation sites (tertiary alicyclic amines) is 1. The molecule has 1 amide bonds. The van der Waals surface area contributed by atoms with Crippen LogP contribution in [-0.4, -0.2) is 57.7 Å². The topological polar surface area (TPSA) is 69.7 Å². The van der Waals surface area contributed by atoms with Gasteiger partial charge in [-0.1, -0.05) is 0 Å². The third kappa shape index (κ3) is 3.28. The lowest BCUT2D eigenvalue weighted by Crippen LogP contribution is -2.47. The maximum atomic E-state index is 12.8. The largest absolute Gasteiger partial charge is 0.337 e. The van der Waals surface area contributed by atoms with E-state index in [4.69, 9.17) is 0 Å². The van der Waals surface area contributed by atoms with E-state index < -0.39 is 10.0 Å². The minimum atomic E-state index is -3.19. The van der Waals surface area contributed by atoms with Crippen molar-refractivity contribution in [1.82, 2.24) is 10.2 Å². The van der Waals surface area contributed by atoms with E-state index in [1.807, 2.05) is 24.9 Å². The molecule has 24 heavy (non-hydrogen) atoms. The lowest BCUT2D eigenvalue weighted by atomic mass is 10.0. The number of nitrogens with zero attached hydrogens (tertiary/aromatic N) is 2. The van der Waals surface area contributed by atoms with Crippen LogP contribution in [0.2, 0.25) is 0 Å². The summed E-state index contributed by atoms with van der Waals surface area (Å²) in [5.74, 6) is 0.231. The van der Waals surface area contributed by atoms with Crippen molar-refractivity contribution in [2.24, 2.45) is 0 Å². The average molecular weight is 351 g/mol. The van der Waals surface area contributed by atoms with E-state index >= 15 is 0 Å². The molecule has 2 aliphatic heterocycles. The molecule has 0 bridgehead atoms. The van der Waals surface area contributed by atoms with Crippen molar-refractivity contribution in [2.75, 3.05) is 36.7 Å². The fourth-order valence-corrected chi connectivity index (χ4v) is 5.10. The van der Waals surface area contributed by atoms with Gasteiger partial charge in [0.05, 0.1) is 11.4 Å². The molecule has 0 radical (unpaired) electrons. The van der Waals surface area contributed by atoms with Gasteiger partial charge in [-0.15, -0.1) is 0 Å². The van der Waals surface area contributed by atoms with Gasteiger partial charge in [0.1, 0.15) is 0 Å². The molecule has 0 spiro atoms. The van der Waals surface area contributed by atoms with Crippen molar-refractivity contribution >= 4 is 21.6 Å². The van der Waals surface area contributed by atoms with Crippen molar-refractivity contribution in [2.45, 2.75) is 32.2 Å². The van der Waals surface area contributed by atoms with E-state index in [9.17, 15) is 13.2 Å². The van der Waals surface area contributed by atoms with Gasteiger partial charge >= 0.3 is 0 Å². The second kappa shape index (κ2) is 6.72. The highest BCUT2D eigenvalue weighted by atomic mass is 32.2. The third-order valence-electron chi connectivity index (χ3n) is 4.94. The van der Waals surface area contributed by atoms with Crippen LogP contribution in [0, 0.1) is 6.92 Å². The number of carbonyl (C=O) groups is 1. The van der Waals surface area contributed by atoms with Crippen LogP contribution in [-0.2, 0) is 10.0 Å². The van der Waals surface area contributed by atoms with Gasteiger partial charge in [-0.2, -0.15) is 0 Å². The SMILES string of the molecule is CNC1CCCN(C(=O)c2ccc(N3CCCS3(=O)=O)cc2C)C1. The molecule has 2 heterocycles. The lowest BCUT2D eigenvalue weighted by molar-refractivity contribution is 0.0697. The predicted molar refractivity (Wildman–Crippen MR) is 94.9 cm³/mol. The van der Waals surface area contributed by atoms with E-state index in [0.717, 1.165) is 31.5 Å². The molecule has 1 N–H and O–H groups in total. The molecule has 2 saturated heterocycles. The van der Waals surface area contributed by atoms with Gasteiger partial charge in [0.2, 0.25) is 10.0 Å². The number of likely N-dealkylation sites (N-methyl/N-ethyl adjacent to an activating group) is 1. The van der Waals surface area contributed by atoms with Gasteiger partial charge in [0.25, 0.3) is 5.91 Å². The molecular weight excluding hydrogens is 326 g/mol. The highest BCUT2D eigenvalue weighted by Crippen LogP contribution is 2.27. The summed E-state index contributed by atoms with van der Waals surface area (Å²) < 4.78 is 25.6. The van der Waals surface area contributed by atoms with E-state index in [-0.39, 0.29) is 11.7 Å². The Morgan fingerprint density at radius 1 is 1.25 bits per heavy atom. The first kappa shape index (κ1) is 17.2. The first-order valence-electron chi connectivity index (χ1n) is 8.50. The molecule has 1 atom stereocenters. The zero-order valence-corrected chi connectivity index (χ0v) is 15.1. The van der Waals surface area contributed by atoms with E-state index in [1.165, 1.54) is 4.31 Å². The number of sulfonamides is 1. The first-order chi connectivity index (χ1) is 11.4. The Morgan fingerprint density at radius 2 is 2.04 bits per heavy atom. The highest BCUT2D eigenvalue weighted by molar-refractivity contribution is 7.93. The quantitative estimate of drug-likeness (QED) is 0.893. The summed E-state index contributed by atoms with van der Waals surface area (Å²) in [6.45, 7) is 3.89. The molecule has 1 aromatic rings. The number of hydrogen-bond donors (Lipinski definition) is 1. The smallest absolute Gasteiger partial charge is 0.254 e. The summed E-state index contributed by atoms with van der Waals surface area (Å²) in [5.41, 5.74) is 2.14. The Morgan fingerprint density at radius 3 is 2.67 bits per heavy atom. The Bertz CT molecular complexity index is 733. The molecule has 132 valence electrons. The number of rotatable bonds is 3. The van der Waals surface area contributed by atoms with Crippen LogP contribution in [0.15, 0.2) is 18.2 Å². The standard InChI is InChI=1S/C17H25N3O3S/c1-13-11-15(20-9-4-10-24(20,22)23)6-7-16(13)17(21)19-8-3-5-14(12-19)18-2/h6-7,11,14,18H,3-5,8-10,12H2,1-2H3. The number of benzene rings is 1. The number of piperidine rings is 1. The van der Waals surface area contributed by atoms with Crippen LogP contribution >= 0.6 is 0 Å². The van der Waals surface area contributed by atoms with Crippen molar-refractivity contribution in [1.29, 1.82) is 0 Å². The fourth-order valence-electron chi connectivity index (χ4n) is 3.54. The Kier molecular flexibility index (Phi) is 4.83. The van der Waals surface area contributed by atoms with Crippen LogP contribution in [0.1, 0.15) is 35.2 Å². The van der Waals surface area contributed by atoms with Gasteiger partial charge in [0, 0.05) is 31.2 Å². The van der Waals surface area contributed by atoms with Gasteiger partial charge < -0.3 is 10.2 Å². The minimum absolute atomic E-state index is 0.0308. The Labute approximate surface area is 143 Å². The van der Waals surface area contributed by atoms with Crippen LogP contribution < -0.4 is 9.62 Å². The maximum absolute atomic E-state index is 12.8. The normalized spacial score (nSPS) is 23.5. The Hall–Kier alpha value is -1.60. The lowest BCUT2D eigenvalue weighted by Gasteiger charge is -2.33. The number of amides is 1. The molecule has 7 heteroatoms. The highest BCUT2D eigenvalue weighted by Gasteiger charge is 2.29. The van der Waals surface area contributed by atoms with Crippen LogP contribution in [0.4, 0.5) is 5.69 Å². The molecule has 0 saturated carbocycles. The molecule has 2 aliphatic rings. The van der Waals surface area contributed by atoms with Gasteiger partial charge in [-0.25, -0.2) is 8.42 Å². The third-order valence-corrected chi connectivity index (χ3v) is 6.81. The molecular formula is C17H25N3O3S. The van der Waals surface area contributed by atoms with Gasteiger partial charge in [-0.3, -0.25) is 9.10 Å². The molecule has 1 unspecified atom stereocenters. The molecule has 0 aliphatic carbocycles. The van der Waals surface area contributed by atoms with Gasteiger partial charge in [0.15, 0.2) is 0 Å². The van der Waals surface area contributed by atoms with Crippen LogP contribution in [0.3, 0.4) is 0 Å².